The fourth-order valence-electron chi connectivity index (χ4n) is 3.21. The van der Waals surface area contributed by atoms with Gasteiger partial charge in [0.25, 0.3) is 5.91 Å². The number of carbonyl (C=O) groups is 1. The quantitative estimate of drug-likeness (QED) is 0.783. The van der Waals surface area contributed by atoms with Crippen LogP contribution in [0.25, 0.3) is 0 Å². The molecular weight excluding hydrogens is 390 g/mol. The van der Waals surface area contributed by atoms with Gasteiger partial charge < -0.3 is 10.1 Å². The number of nitrogens with one attached hydrogen (secondary N) is 1. The van der Waals surface area contributed by atoms with Crippen molar-refractivity contribution in [2.45, 2.75) is 31.1 Å². The van der Waals surface area contributed by atoms with Gasteiger partial charge in [-0.05, 0) is 62.2 Å². The maximum Gasteiger partial charge on any atom is 0.255 e. The summed E-state index contributed by atoms with van der Waals surface area (Å²) in [4.78, 5) is 12.6. The number of nitriles is 1. The Morgan fingerprint density at radius 2 is 1.83 bits per heavy atom. The lowest BCUT2D eigenvalue weighted by Gasteiger charge is -2.27. The number of ether oxygens (including phenoxy) is 1. The third kappa shape index (κ3) is 4.75. The van der Waals surface area contributed by atoms with Gasteiger partial charge in [0.05, 0.1) is 18.2 Å². The molecule has 0 aliphatic carbocycles. The van der Waals surface area contributed by atoms with E-state index in [2.05, 4.69) is 5.32 Å². The van der Waals surface area contributed by atoms with Gasteiger partial charge in [-0.25, -0.2) is 8.42 Å². The van der Waals surface area contributed by atoms with E-state index in [1.54, 1.807) is 43.3 Å². The van der Waals surface area contributed by atoms with E-state index < -0.39 is 10.0 Å². The van der Waals surface area contributed by atoms with Crippen LogP contribution in [0, 0.1) is 11.3 Å². The van der Waals surface area contributed by atoms with E-state index >= 15 is 0 Å². The maximum atomic E-state index is 13.2. The van der Waals surface area contributed by atoms with Crippen molar-refractivity contribution in [3.05, 3.63) is 53.6 Å². The fourth-order valence-corrected chi connectivity index (χ4v) is 4.88. The number of benzene rings is 2. The zero-order chi connectivity index (χ0) is 20.9. The molecule has 8 heteroatoms. The molecule has 0 saturated carbocycles. The molecule has 3 rings (SSSR count). The van der Waals surface area contributed by atoms with Crippen molar-refractivity contribution in [2.24, 2.45) is 0 Å². The molecule has 0 aromatic heterocycles. The first-order valence-corrected chi connectivity index (χ1v) is 11.0. The molecule has 0 bridgehead atoms. The predicted molar refractivity (Wildman–Crippen MR) is 109 cm³/mol. The number of hydrogen-bond acceptors (Lipinski definition) is 5. The summed E-state index contributed by atoms with van der Waals surface area (Å²) in [7, 11) is -3.73. The molecule has 1 aliphatic rings. The van der Waals surface area contributed by atoms with Gasteiger partial charge in [0, 0.05) is 24.3 Å². The number of amides is 1. The van der Waals surface area contributed by atoms with E-state index in [1.807, 2.05) is 6.07 Å². The Hall–Kier alpha value is -2.89. The van der Waals surface area contributed by atoms with Crippen molar-refractivity contribution in [1.29, 1.82) is 5.26 Å². The standard InChI is InChI=1S/C21H23N3O4S/c1-2-28-19-11-10-18(23-21(25)17-8-6-16(15-22)7-9-17)14-20(19)29(26,27)24-12-4-3-5-13-24/h6-11,14H,2-5,12-13H2,1H3,(H,23,25). The largest absolute Gasteiger partial charge is 0.492 e. The monoisotopic (exact) mass is 413 g/mol. The summed E-state index contributed by atoms with van der Waals surface area (Å²) in [5.41, 5.74) is 1.19. The molecule has 1 heterocycles. The Morgan fingerprint density at radius 3 is 2.45 bits per heavy atom. The number of carbonyl (C=O) groups excluding carboxylic acids is 1. The van der Waals surface area contributed by atoms with Crippen LogP contribution in [-0.2, 0) is 10.0 Å². The van der Waals surface area contributed by atoms with Crippen LogP contribution < -0.4 is 10.1 Å². The average molecular weight is 413 g/mol. The maximum absolute atomic E-state index is 13.2. The molecule has 1 aliphatic heterocycles. The molecule has 1 N–H and O–H groups in total. The van der Waals surface area contributed by atoms with Crippen LogP contribution >= 0.6 is 0 Å². The first kappa shape index (κ1) is 20.8. The Balaban J connectivity index is 1.89. The molecule has 29 heavy (non-hydrogen) atoms. The van der Waals surface area contributed by atoms with Crippen molar-refractivity contribution in [3.63, 3.8) is 0 Å². The normalized spacial score (nSPS) is 14.8. The third-order valence-electron chi connectivity index (χ3n) is 4.71. The van der Waals surface area contributed by atoms with Gasteiger partial charge in [-0.1, -0.05) is 6.42 Å². The molecule has 2 aromatic carbocycles. The van der Waals surface area contributed by atoms with Gasteiger partial charge >= 0.3 is 0 Å². The zero-order valence-corrected chi connectivity index (χ0v) is 17.0. The summed E-state index contributed by atoms with van der Waals surface area (Å²) in [6.07, 6.45) is 2.68. The minimum absolute atomic E-state index is 0.0545. The lowest BCUT2D eigenvalue weighted by molar-refractivity contribution is 0.102. The molecule has 1 fully saturated rings. The Bertz CT molecular complexity index is 1020. The van der Waals surface area contributed by atoms with Crippen LogP contribution in [0.3, 0.4) is 0 Å². The van der Waals surface area contributed by atoms with Crippen molar-refractivity contribution in [1.82, 2.24) is 4.31 Å². The van der Waals surface area contributed by atoms with E-state index in [0.717, 1.165) is 19.3 Å². The Morgan fingerprint density at radius 1 is 1.14 bits per heavy atom. The van der Waals surface area contributed by atoms with Gasteiger partial charge in [0.1, 0.15) is 10.6 Å². The molecule has 0 radical (unpaired) electrons. The smallest absolute Gasteiger partial charge is 0.255 e. The van der Waals surface area contributed by atoms with E-state index in [9.17, 15) is 13.2 Å². The Kier molecular flexibility index (Phi) is 6.52. The van der Waals surface area contributed by atoms with E-state index in [4.69, 9.17) is 10.00 Å². The molecule has 0 spiro atoms. The lowest BCUT2D eigenvalue weighted by Crippen LogP contribution is -2.35. The number of rotatable bonds is 6. The van der Waals surface area contributed by atoms with Gasteiger partial charge in [-0.15, -0.1) is 0 Å². The van der Waals surface area contributed by atoms with Crippen molar-refractivity contribution in [2.75, 3.05) is 25.0 Å². The SMILES string of the molecule is CCOc1ccc(NC(=O)c2ccc(C#N)cc2)cc1S(=O)(=O)N1CCCCC1. The highest BCUT2D eigenvalue weighted by Crippen LogP contribution is 2.31. The van der Waals surface area contributed by atoms with Gasteiger partial charge in [0.15, 0.2) is 0 Å². The highest BCUT2D eigenvalue weighted by molar-refractivity contribution is 7.89. The molecule has 0 atom stereocenters. The van der Waals surface area contributed by atoms with Crippen molar-refractivity contribution < 1.29 is 17.9 Å². The van der Waals surface area contributed by atoms with Crippen LogP contribution in [-0.4, -0.2) is 38.3 Å². The number of anilines is 1. The van der Waals surface area contributed by atoms with E-state index in [0.29, 0.717) is 36.5 Å². The van der Waals surface area contributed by atoms with E-state index in [-0.39, 0.29) is 16.6 Å². The molecular formula is C21H23N3O4S. The molecule has 152 valence electrons. The first-order chi connectivity index (χ1) is 14.0. The van der Waals surface area contributed by atoms with Crippen LogP contribution in [0.5, 0.6) is 5.75 Å². The van der Waals surface area contributed by atoms with Crippen LogP contribution in [0.2, 0.25) is 0 Å². The summed E-state index contributed by atoms with van der Waals surface area (Å²) in [6.45, 7) is 3.09. The Labute approximate surface area is 171 Å². The molecule has 1 amide bonds. The van der Waals surface area contributed by atoms with Crippen LogP contribution in [0.4, 0.5) is 5.69 Å². The van der Waals surface area contributed by atoms with Crippen molar-refractivity contribution >= 4 is 21.6 Å². The highest BCUT2D eigenvalue weighted by atomic mass is 32.2. The second kappa shape index (κ2) is 9.07. The first-order valence-electron chi connectivity index (χ1n) is 9.54. The topological polar surface area (TPSA) is 99.5 Å². The second-order valence-corrected chi connectivity index (χ2v) is 8.61. The molecule has 0 unspecified atom stereocenters. The van der Waals surface area contributed by atoms with Crippen molar-refractivity contribution in [3.8, 4) is 11.8 Å². The summed E-state index contributed by atoms with van der Waals surface area (Å²) in [5, 5.41) is 11.6. The minimum atomic E-state index is -3.73. The van der Waals surface area contributed by atoms with E-state index in [1.165, 1.54) is 10.4 Å². The number of nitrogens with zero attached hydrogens (tertiary/aromatic N) is 2. The number of piperidine rings is 1. The third-order valence-corrected chi connectivity index (χ3v) is 6.63. The number of hydrogen-bond donors (Lipinski definition) is 1. The summed E-state index contributed by atoms with van der Waals surface area (Å²) >= 11 is 0. The second-order valence-electron chi connectivity index (χ2n) is 6.70. The highest BCUT2D eigenvalue weighted by Gasteiger charge is 2.29. The summed E-state index contributed by atoms with van der Waals surface area (Å²) < 4.78 is 33.3. The summed E-state index contributed by atoms with van der Waals surface area (Å²) in [5.74, 6) is -0.116. The average Bonchev–Trinajstić information content (AvgIpc) is 2.75. The van der Waals surface area contributed by atoms with Gasteiger partial charge in [-0.3, -0.25) is 4.79 Å². The minimum Gasteiger partial charge on any atom is -0.492 e. The predicted octanol–water partition coefficient (Wildman–Crippen LogP) is 3.38. The lowest BCUT2D eigenvalue weighted by atomic mass is 10.1. The van der Waals surface area contributed by atoms with Gasteiger partial charge in [0.2, 0.25) is 10.0 Å². The molecule has 7 nitrogen and oxygen atoms in total. The fraction of sp³-hybridized carbons (Fsp3) is 0.333. The number of sulfonamides is 1. The zero-order valence-electron chi connectivity index (χ0n) is 16.2. The van der Waals surface area contributed by atoms with Crippen LogP contribution in [0.15, 0.2) is 47.4 Å². The molecule has 2 aromatic rings. The van der Waals surface area contributed by atoms with Gasteiger partial charge in [-0.2, -0.15) is 9.57 Å². The summed E-state index contributed by atoms with van der Waals surface area (Å²) in [6, 6.07) is 12.8. The van der Waals surface area contributed by atoms with Crippen LogP contribution in [0.1, 0.15) is 42.1 Å². The molecule has 1 saturated heterocycles.